The average Bonchev–Trinajstić information content (AvgIpc) is 3.84. The zero-order valence-corrected chi connectivity index (χ0v) is 34.8. The number of rotatable bonds is 4. The number of hydrogen-bond acceptors (Lipinski definition) is 15. The normalized spacial score (nSPS) is 35.3. The van der Waals surface area contributed by atoms with Crippen molar-refractivity contribution in [2.45, 2.75) is 85.6 Å². The summed E-state index contributed by atoms with van der Waals surface area (Å²) in [6.45, 7) is 5.39. The zero-order chi connectivity index (χ0) is 41.5. The van der Waals surface area contributed by atoms with E-state index in [0.717, 1.165) is 30.0 Å². The van der Waals surface area contributed by atoms with Gasteiger partial charge in [0.15, 0.2) is 4.87 Å². The minimum atomic E-state index is -2.30. The SMILES string of the molecule is CC(=O)O.CC(=O)O.CC(C)C12SSSSC3(C(=O)N1C)C(OC14C(=O)N(C)C(CO)C(=O)N1C1Nc5ccccc5C1C4O)C1c4ccccc4NC1N3C2=O. The second kappa shape index (κ2) is 14.8. The predicted octanol–water partition coefficient (Wildman–Crippen LogP) is 2.41. The quantitative estimate of drug-likeness (QED) is 0.243. The molecule has 1 spiro atoms. The Morgan fingerprint density at radius 3 is 1.86 bits per heavy atom. The van der Waals surface area contributed by atoms with Crippen molar-refractivity contribution in [2.75, 3.05) is 31.3 Å². The fraction of sp³-hybridized carbons (Fsp3) is 0.500. The number of ether oxygens (including phenoxy) is 1. The molecule has 57 heavy (non-hydrogen) atoms. The van der Waals surface area contributed by atoms with Gasteiger partial charge in [0, 0.05) is 39.3 Å². The fourth-order valence-corrected chi connectivity index (χ4v) is 17.4. The molecule has 8 aliphatic rings. The maximum atomic E-state index is 15.1. The minimum absolute atomic E-state index is 0.256. The van der Waals surface area contributed by atoms with Crippen LogP contribution in [-0.2, 0) is 33.5 Å². The molecule has 0 aromatic heterocycles. The van der Waals surface area contributed by atoms with E-state index >= 15 is 9.59 Å². The van der Waals surface area contributed by atoms with Crippen molar-refractivity contribution >= 4 is 88.2 Å². The number of carboxylic acids is 2. The van der Waals surface area contributed by atoms with Crippen LogP contribution in [0.2, 0.25) is 0 Å². The lowest BCUT2D eigenvalue weighted by molar-refractivity contribution is -0.241. The van der Waals surface area contributed by atoms with E-state index < -0.39 is 88.2 Å². The Bertz CT molecular complexity index is 2030. The van der Waals surface area contributed by atoms with Gasteiger partial charge in [-0.1, -0.05) is 50.2 Å². The molecule has 2 aromatic rings. The van der Waals surface area contributed by atoms with E-state index in [1.165, 1.54) is 58.1 Å². The Balaban J connectivity index is 0.000000570. The van der Waals surface area contributed by atoms with Crippen LogP contribution in [0.4, 0.5) is 11.4 Å². The van der Waals surface area contributed by atoms with Crippen molar-refractivity contribution in [1.82, 2.24) is 19.6 Å². The number of anilines is 2. The molecule has 2 bridgehead atoms. The molecule has 6 saturated heterocycles. The third-order valence-corrected chi connectivity index (χ3v) is 19.1. The van der Waals surface area contributed by atoms with E-state index in [4.69, 9.17) is 24.5 Å². The second-order valence-corrected chi connectivity index (χ2v) is 21.0. The van der Waals surface area contributed by atoms with Crippen molar-refractivity contribution in [3.63, 3.8) is 0 Å². The molecule has 306 valence electrons. The number of aliphatic hydroxyl groups excluding tert-OH is 2. The number of carbonyl (C=O) groups excluding carboxylic acids is 4. The number of nitrogens with one attached hydrogen (secondary N) is 2. The van der Waals surface area contributed by atoms with Crippen LogP contribution >= 0.6 is 41.2 Å². The second-order valence-electron chi connectivity index (χ2n) is 14.8. The molecule has 10 atom stereocenters. The highest BCUT2D eigenvalue weighted by molar-refractivity contribution is 9.26. The van der Waals surface area contributed by atoms with Gasteiger partial charge in [-0.25, -0.2) is 0 Å². The first-order valence-corrected chi connectivity index (χ1v) is 22.8. The van der Waals surface area contributed by atoms with Crippen LogP contribution in [0.15, 0.2) is 48.5 Å². The smallest absolute Gasteiger partial charge is 0.300 e. The Hall–Kier alpha value is -3.86. The van der Waals surface area contributed by atoms with Gasteiger partial charge < -0.3 is 45.6 Å². The molecule has 8 aliphatic heterocycles. The lowest BCUT2D eigenvalue weighted by Gasteiger charge is -2.58. The molecule has 6 N–H and O–H groups in total. The van der Waals surface area contributed by atoms with Gasteiger partial charge in [0.1, 0.15) is 30.6 Å². The van der Waals surface area contributed by atoms with E-state index in [1.54, 1.807) is 11.9 Å². The van der Waals surface area contributed by atoms with Gasteiger partial charge in [-0.2, -0.15) is 0 Å². The highest BCUT2D eigenvalue weighted by atomic mass is 33.7. The summed E-state index contributed by atoms with van der Waals surface area (Å²) in [6.07, 6.45) is -4.38. The van der Waals surface area contributed by atoms with Crippen LogP contribution in [0.5, 0.6) is 0 Å². The van der Waals surface area contributed by atoms with Crippen LogP contribution in [0, 0.1) is 5.92 Å². The predicted molar refractivity (Wildman–Crippen MR) is 214 cm³/mol. The van der Waals surface area contributed by atoms with E-state index in [1.807, 2.05) is 62.4 Å². The van der Waals surface area contributed by atoms with E-state index in [2.05, 4.69) is 10.6 Å². The van der Waals surface area contributed by atoms with Crippen LogP contribution in [-0.4, -0.2) is 142 Å². The first-order valence-electron chi connectivity index (χ1n) is 17.9. The first kappa shape index (κ1) is 41.3. The number of aliphatic carboxylic acids is 2. The summed E-state index contributed by atoms with van der Waals surface area (Å²) in [5, 5.41) is 44.5. The van der Waals surface area contributed by atoms with Crippen LogP contribution in [0.3, 0.4) is 0 Å². The highest BCUT2D eigenvalue weighted by Crippen LogP contribution is 2.69. The van der Waals surface area contributed by atoms with Gasteiger partial charge in [-0.05, 0) is 70.4 Å². The lowest BCUT2D eigenvalue weighted by atomic mass is 9.87. The van der Waals surface area contributed by atoms with Crippen molar-refractivity contribution in [3.05, 3.63) is 59.7 Å². The Kier molecular flexibility index (Phi) is 10.7. The Morgan fingerprint density at radius 2 is 1.32 bits per heavy atom. The fourth-order valence-electron chi connectivity index (χ4n) is 9.24. The summed E-state index contributed by atoms with van der Waals surface area (Å²) >= 11 is 0. The molecule has 2 aromatic carbocycles. The summed E-state index contributed by atoms with van der Waals surface area (Å²) < 4.78 is 7.20. The van der Waals surface area contributed by atoms with Crippen molar-refractivity contribution in [3.8, 4) is 0 Å². The van der Waals surface area contributed by atoms with E-state index in [-0.39, 0.29) is 17.7 Å². The summed E-state index contributed by atoms with van der Waals surface area (Å²) in [4.78, 5) is 80.2. The molecule has 17 nitrogen and oxygen atoms in total. The average molecular weight is 863 g/mol. The van der Waals surface area contributed by atoms with Gasteiger partial charge in [0.2, 0.25) is 4.87 Å². The number of amides is 4. The highest BCUT2D eigenvalue weighted by Gasteiger charge is 2.80. The lowest BCUT2D eigenvalue weighted by Crippen LogP contribution is -2.79. The van der Waals surface area contributed by atoms with Crippen LogP contribution < -0.4 is 10.6 Å². The number of likely N-dealkylation sites (N-methyl/N-ethyl adjacent to an activating group) is 2. The maximum absolute atomic E-state index is 15.1. The molecule has 0 radical (unpaired) electrons. The van der Waals surface area contributed by atoms with E-state index in [0.29, 0.717) is 11.3 Å². The van der Waals surface area contributed by atoms with Crippen molar-refractivity contribution in [1.29, 1.82) is 0 Å². The number of aliphatic hydroxyl groups is 2. The van der Waals surface area contributed by atoms with E-state index in [9.17, 15) is 19.8 Å². The molecule has 21 heteroatoms. The summed E-state index contributed by atoms with van der Waals surface area (Å²) in [7, 11) is 8.39. The monoisotopic (exact) mass is 862 g/mol. The molecule has 0 aliphatic carbocycles. The standard InChI is InChI=1S/C32H34N6O7S4.2C2H4O2/c1-14(2)31-29(44)38-25-21(16-10-6-8-12-18(16)34-25)23(32(38,28(43)36(31)4)47-49-48-46-31)45-30-22(40)20-15-9-5-7-11-17(15)33-24(20)37(30)26(41)19(13-39)35(3)27(30)42;2*1-2(3)4/h5-12,14,19-25,33-34,39-40H,13H2,1-4H3;2*1H3,(H,3,4). The number of piperazine rings is 2. The zero-order valence-electron chi connectivity index (χ0n) is 31.5. The molecule has 8 heterocycles. The largest absolute Gasteiger partial charge is 0.481 e. The summed E-state index contributed by atoms with van der Waals surface area (Å²) in [5.41, 5.74) is 0.696. The van der Waals surface area contributed by atoms with Gasteiger partial charge in [0.25, 0.3) is 41.3 Å². The van der Waals surface area contributed by atoms with Crippen molar-refractivity contribution < 1.29 is 53.9 Å². The number of para-hydroxylation sites is 2. The Labute approximate surface area is 342 Å². The van der Waals surface area contributed by atoms with Gasteiger partial charge in [0.05, 0.1) is 18.4 Å². The molecule has 10 unspecified atom stereocenters. The number of benzene rings is 2. The summed E-state index contributed by atoms with van der Waals surface area (Å²) in [6, 6.07) is 13.7. The Morgan fingerprint density at radius 1 is 0.807 bits per heavy atom. The molecule has 4 amide bonds. The molecule has 10 rings (SSSR count). The maximum Gasteiger partial charge on any atom is 0.300 e. The number of hydrogen-bond donors (Lipinski definition) is 6. The summed E-state index contributed by atoms with van der Waals surface area (Å²) in [5.74, 6) is -5.28. The number of nitrogens with zero attached hydrogens (tertiary/aromatic N) is 4. The van der Waals surface area contributed by atoms with Crippen LogP contribution in [0.1, 0.15) is 50.7 Å². The third-order valence-electron chi connectivity index (χ3n) is 11.5. The number of fused-ring (bicyclic) bond motifs is 12. The van der Waals surface area contributed by atoms with Gasteiger partial charge >= 0.3 is 0 Å². The molecular formula is C36H42N6O11S4. The van der Waals surface area contributed by atoms with Gasteiger partial charge in [-0.3, -0.25) is 38.6 Å². The molecule has 0 saturated carbocycles. The number of carboxylic acid groups (broad SMARTS) is 2. The molecular weight excluding hydrogens is 821 g/mol. The minimum Gasteiger partial charge on any atom is -0.481 e. The van der Waals surface area contributed by atoms with Crippen LogP contribution in [0.25, 0.3) is 0 Å². The van der Waals surface area contributed by atoms with Crippen molar-refractivity contribution in [2.24, 2.45) is 5.92 Å². The molecule has 6 fully saturated rings. The topological polar surface area (TPSA) is 230 Å². The van der Waals surface area contributed by atoms with Gasteiger partial charge in [-0.15, -0.1) is 0 Å². The number of carbonyl (C=O) groups is 6. The first-order chi connectivity index (χ1) is 26.9. The third kappa shape index (κ3) is 5.66.